The van der Waals surface area contributed by atoms with Crippen LogP contribution in [0.25, 0.3) is 11.3 Å². The highest BCUT2D eigenvalue weighted by atomic mass is 19.1. The van der Waals surface area contributed by atoms with Gasteiger partial charge in [0, 0.05) is 42.8 Å². The molecule has 4 N–H and O–H groups in total. The minimum atomic E-state index is -1.26. The molecule has 0 aliphatic rings. The van der Waals surface area contributed by atoms with Crippen molar-refractivity contribution in [2.75, 3.05) is 5.73 Å². The van der Waals surface area contributed by atoms with Gasteiger partial charge in [-0.3, -0.25) is 4.79 Å². The fraction of sp³-hybridized carbons (Fsp3) is 0.286. The van der Waals surface area contributed by atoms with E-state index in [0.717, 1.165) is 6.07 Å². The summed E-state index contributed by atoms with van der Waals surface area (Å²) in [5, 5.41) is 22.8. The van der Waals surface area contributed by atoms with E-state index in [1.165, 1.54) is 22.9 Å². The van der Waals surface area contributed by atoms with E-state index in [4.69, 9.17) is 10.3 Å². The summed E-state index contributed by atoms with van der Waals surface area (Å²) in [7, 11) is 0. The number of aryl methyl sites for hydroxylation is 2. The summed E-state index contributed by atoms with van der Waals surface area (Å²) in [6.45, 7) is 4.08. The van der Waals surface area contributed by atoms with Crippen LogP contribution in [-0.2, 0) is 19.4 Å². The minimum Gasteiger partial charge on any atom is -0.508 e. The third-order valence-electron chi connectivity index (χ3n) is 4.98. The van der Waals surface area contributed by atoms with Crippen LogP contribution < -0.4 is 5.73 Å². The number of carbonyl (C=O) groups is 2. The lowest BCUT2D eigenvalue weighted by atomic mass is 9.99. The molecule has 30 heavy (non-hydrogen) atoms. The average Bonchev–Trinajstić information content (AvgIpc) is 3.26. The lowest BCUT2D eigenvalue weighted by Crippen LogP contribution is -2.09. The molecule has 3 aromatic rings. The fourth-order valence-electron chi connectivity index (χ4n) is 3.44. The summed E-state index contributed by atoms with van der Waals surface area (Å²) in [5.41, 5.74) is 6.83. The Kier molecular flexibility index (Phi) is 5.91. The first-order valence-electron chi connectivity index (χ1n) is 9.49. The van der Waals surface area contributed by atoms with Gasteiger partial charge in [-0.1, -0.05) is 12.1 Å². The van der Waals surface area contributed by atoms with Crippen molar-refractivity contribution in [3.05, 3.63) is 52.7 Å². The topological polar surface area (TPSA) is 132 Å². The second kappa shape index (κ2) is 8.40. The number of phenols is 1. The van der Waals surface area contributed by atoms with Crippen molar-refractivity contribution >= 4 is 17.6 Å². The number of aromatic hydroxyl groups is 1. The summed E-state index contributed by atoms with van der Waals surface area (Å²) in [6.07, 6.45) is 2.08. The van der Waals surface area contributed by atoms with Crippen LogP contribution in [0.5, 0.6) is 5.75 Å². The number of anilines is 1. The molecular formula is C21H22FN3O5. The van der Waals surface area contributed by atoms with Crippen LogP contribution in [0.2, 0.25) is 0 Å². The number of aromatic nitrogens is 2. The number of Topliss-reactive ketones (excluding diaryl/α,β-unsaturated/α-hetero) is 1. The first-order valence-corrected chi connectivity index (χ1v) is 9.49. The van der Waals surface area contributed by atoms with E-state index in [1.54, 1.807) is 6.92 Å². The highest BCUT2D eigenvalue weighted by Crippen LogP contribution is 2.31. The van der Waals surface area contributed by atoms with Gasteiger partial charge in [0.2, 0.25) is 0 Å². The number of nitrogen functional groups attached to an aromatic ring is 1. The molecule has 0 aliphatic carbocycles. The summed E-state index contributed by atoms with van der Waals surface area (Å²) in [5.74, 6) is -2.02. The molecule has 3 rings (SSSR count). The van der Waals surface area contributed by atoms with Crippen molar-refractivity contribution in [3.8, 4) is 17.0 Å². The molecule has 0 unspecified atom stereocenters. The monoisotopic (exact) mass is 415 g/mol. The average molecular weight is 415 g/mol. The number of ketones is 1. The van der Waals surface area contributed by atoms with Crippen LogP contribution >= 0.6 is 0 Å². The zero-order valence-electron chi connectivity index (χ0n) is 16.6. The Morgan fingerprint density at radius 1 is 1.30 bits per heavy atom. The van der Waals surface area contributed by atoms with Crippen LogP contribution in [-0.4, -0.2) is 31.7 Å². The number of hydrogen-bond donors (Lipinski definition) is 3. The zero-order valence-corrected chi connectivity index (χ0v) is 16.6. The number of halogens is 1. The number of nitrogens with zero attached hydrogens (tertiary/aromatic N) is 2. The minimum absolute atomic E-state index is 0.0207. The third kappa shape index (κ3) is 3.78. The highest BCUT2D eigenvalue weighted by molar-refractivity contribution is 6.08. The predicted octanol–water partition coefficient (Wildman–Crippen LogP) is 3.67. The van der Waals surface area contributed by atoms with E-state index < -0.39 is 11.8 Å². The van der Waals surface area contributed by atoms with Gasteiger partial charge in [0.25, 0.3) is 0 Å². The quantitative estimate of drug-likeness (QED) is 0.478. The lowest BCUT2D eigenvalue weighted by Gasteiger charge is -2.04. The number of carboxylic acids is 1. The number of phenolic OH excluding ortho intramolecular Hbond substituents is 1. The van der Waals surface area contributed by atoms with E-state index in [0.29, 0.717) is 30.0 Å². The first kappa shape index (κ1) is 21.1. The summed E-state index contributed by atoms with van der Waals surface area (Å²) in [6, 6.07) is 3.75. The van der Waals surface area contributed by atoms with Crippen molar-refractivity contribution in [1.82, 2.24) is 9.72 Å². The summed E-state index contributed by atoms with van der Waals surface area (Å²) >= 11 is 0. The SMILES string of the molecule is CCc1c(-c2ccc(O)cc2F)noc1CCC(=O)c1cn(CC)c(N)c1C(=O)O. The molecule has 0 aliphatic heterocycles. The molecule has 0 fully saturated rings. The first-order chi connectivity index (χ1) is 14.3. The zero-order chi connectivity index (χ0) is 22.0. The molecule has 0 amide bonds. The van der Waals surface area contributed by atoms with Crippen LogP contribution in [0, 0.1) is 5.82 Å². The molecule has 2 aromatic heterocycles. The molecule has 0 saturated heterocycles. The number of rotatable bonds is 8. The van der Waals surface area contributed by atoms with Crippen LogP contribution in [0.15, 0.2) is 28.9 Å². The maximum Gasteiger partial charge on any atom is 0.340 e. The third-order valence-corrected chi connectivity index (χ3v) is 4.98. The van der Waals surface area contributed by atoms with Gasteiger partial charge in [0.1, 0.15) is 34.4 Å². The Morgan fingerprint density at radius 2 is 2.03 bits per heavy atom. The van der Waals surface area contributed by atoms with Crippen molar-refractivity contribution in [2.45, 2.75) is 39.7 Å². The lowest BCUT2D eigenvalue weighted by molar-refractivity contribution is 0.0693. The van der Waals surface area contributed by atoms with E-state index in [2.05, 4.69) is 5.16 Å². The van der Waals surface area contributed by atoms with E-state index in [1.807, 2.05) is 6.92 Å². The van der Waals surface area contributed by atoms with E-state index in [-0.39, 0.29) is 46.9 Å². The van der Waals surface area contributed by atoms with Gasteiger partial charge in [0.15, 0.2) is 5.78 Å². The maximum atomic E-state index is 14.2. The summed E-state index contributed by atoms with van der Waals surface area (Å²) in [4.78, 5) is 24.3. The molecule has 0 radical (unpaired) electrons. The van der Waals surface area contributed by atoms with Gasteiger partial charge in [-0.15, -0.1) is 0 Å². The van der Waals surface area contributed by atoms with Gasteiger partial charge in [0.05, 0.1) is 5.56 Å². The Hall–Kier alpha value is -3.62. The number of nitrogens with two attached hydrogens (primary N) is 1. The van der Waals surface area contributed by atoms with Gasteiger partial charge < -0.3 is 25.0 Å². The normalized spacial score (nSPS) is 11.0. The maximum absolute atomic E-state index is 14.2. The molecular weight excluding hydrogens is 393 g/mol. The Balaban J connectivity index is 1.86. The smallest absolute Gasteiger partial charge is 0.340 e. The Labute approximate surface area is 171 Å². The van der Waals surface area contributed by atoms with Crippen LogP contribution in [0.4, 0.5) is 10.2 Å². The second-order valence-corrected chi connectivity index (χ2v) is 6.77. The largest absolute Gasteiger partial charge is 0.508 e. The second-order valence-electron chi connectivity index (χ2n) is 6.77. The molecule has 8 nitrogen and oxygen atoms in total. The molecule has 0 saturated carbocycles. The van der Waals surface area contributed by atoms with Crippen molar-refractivity contribution < 1.29 is 28.7 Å². The molecule has 0 spiro atoms. The standard InChI is InChI=1S/C21H22FN3O5/c1-3-12-17(30-24-19(12)13-6-5-11(26)9-15(13)22)8-7-16(27)14-10-25(4-2)20(23)18(14)21(28)29/h5-6,9-10,26H,3-4,7-8,23H2,1-2H3,(H,28,29). The number of carbonyl (C=O) groups excluding carboxylic acids is 1. The number of carboxylic acid groups (broad SMARTS) is 1. The molecule has 2 heterocycles. The van der Waals surface area contributed by atoms with E-state index >= 15 is 0 Å². The Morgan fingerprint density at radius 3 is 2.63 bits per heavy atom. The van der Waals surface area contributed by atoms with E-state index in [9.17, 15) is 24.2 Å². The van der Waals surface area contributed by atoms with Gasteiger partial charge in [-0.05, 0) is 25.5 Å². The highest BCUT2D eigenvalue weighted by Gasteiger charge is 2.25. The molecule has 0 bridgehead atoms. The molecule has 9 heteroatoms. The number of benzene rings is 1. The number of aromatic carboxylic acids is 1. The fourth-order valence-corrected chi connectivity index (χ4v) is 3.44. The molecule has 1 aromatic carbocycles. The van der Waals surface area contributed by atoms with Crippen LogP contribution in [0.3, 0.4) is 0 Å². The van der Waals surface area contributed by atoms with Crippen molar-refractivity contribution in [3.63, 3.8) is 0 Å². The summed E-state index contributed by atoms with van der Waals surface area (Å²) < 4.78 is 21.1. The molecule has 0 atom stereocenters. The van der Waals surface area contributed by atoms with Crippen molar-refractivity contribution in [2.24, 2.45) is 0 Å². The van der Waals surface area contributed by atoms with Crippen LogP contribution in [0.1, 0.15) is 52.3 Å². The van der Waals surface area contributed by atoms with Gasteiger partial charge >= 0.3 is 5.97 Å². The predicted molar refractivity (Wildman–Crippen MR) is 107 cm³/mol. The van der Waals surface area contributed by atoms with Gasteiger partial charge in [-0.2, -0.15) is 0 Å². The van der Waals surface area contributed by atoms with Gasteiger partial charge in [-0.25, -0.2) is 9.18 Å². The Bertz CT molecular complexity index is 1120. The molecule has 158 valence electrons. The van der Waals surface area contributed by atoms with Crippen molar-refractivity contribution in [1.29, 1.82) is 0 Å². The number of hydrogen-bond acceptors (Lipinski definition) is 6.